The zero-order valence-electron chi connectivity index (χ0n) is 13.8. The molecule has 3 rings (SSSR count). The average molecular weight is 400 g/mol. The van der Waals surface area contributed by atoms with Gasteiger partial charge >= 0.3 is 0 Å². The van der Waals surface area contributed by atoms with Gasteiger partial charge in [-0.25, -0.2) is 5.10 Å². The third kappa shape index (κ3) is 3.96. The van der Waals surface area contributed by atoms with Crippen molar-refractivity contribution in [2.45, 2.75) is 25.8 Å². The summed E-state index contributed by atoms with van der Waals surface area (Å²) in [4.78, 5) is 24.3. The molecule has 0 spiro atoms. The van der Waals surface area contributed by atoms with Gasteiger partial charge in [-0.05, 0) is 30.2 Å². The van der Waals surface area contributed by atoms with Crippen LogP contribution in [0, 0.1) is 0 Å². The van der Waals surface area contributed by atoms with Gasteiger partial charge < -0.3 is 5.32 Å². The molecule has 6 heteroatoms. The minimum atomic E-state index is -0.249. The van der Waals surface area contributed by atoms with E-state index < -0.39 is 0 Å². The van der Waals surface area contributed by atoms with Crippen LogP contribution in [0.5, 0.6) is 0 Å². The maximum absolute atomic E-state index is 12.5. The third-order valence-corrected chi connectivity index (χ3v) is 4.65. The number of aromatic nitrogens is 2. The summed E-state index contributed by atoms with van der Waals surface area (Å²) in [7, 11) is 0. The zero-order chi connectivity index (χ0) is 17.8. The molecular weight excluding hydrogens is 382 g/mol. The molecule has 1 heterocycles. The number of aromatic amines is 1. The molecule has 25 heavy (non-hydrogen) atoms. The molecular formula is C19H18BrN3O2. The van der Waals surface area contributed by atoms with Crippen molar-refractivity contribution in [1.82, 2.24) is 15.5 Å². The monoisotopic (exact) mass is 399 g/mol. The van der Waals surface area contributed by atoms with E-state index in [4.69, 9.17) is 0 Å². The van der Waals surface area contributed by atoms with Crippen molar-refractivity contribution < 1.29 is 4.79 Å². The molecule has 0 aliphatic heterocycles. The first-order valence-corrected chi connectivity index (χ1v) is 8.89. The molecule has 0 aliphatic carbocycles. The van der Waals surface area contributed by atoms with Gasteiger partial charge in [0, 0.05) is 9.86 Å². The van der Waals surface area contributed by atoms with E-state index in [0.717, 1.165) is 16.5 Å². The Balaban J connectivity index is 1.79. The zero-order valence-corrected chi connectivity index (χ0v) is 15.3. The maximum Gasteiger partial charge on any atom is 0.272 e. The fraction of sp³-hybridized carbons (Fsp3) is 0.211. The first-order valence-electron chi connectivity index (χ1n) is 8.09. The lowest BCUT2D eigenvalue weighted by Crippen LogP contribution is -2.30. The van der Waals surface area contributed by atoms with E-state index in [2.05, 4.69) is 31.4 Å². The van der Waals surface area contributed by atoms with Crippen LogP contribution in [0.1, 0.15) is 30.6 Å². The van der Waals surface area contributed by atoms with Crippen LogP contribution in [-0.2, 0) is 11.2 Å². The molecule has 3 aromatic rings. The molecule has 2 aromatic carbocycles. The quantitative estimate of drug-likeness (QED) is 0.689. The van der Waals surface area contributed by atoms with Gasteiger partial charge in [0.2, 0.25) is 5.91 Å². The molecule has 0 unspecified atom stereocenters. The second-order valence-electron chi connectivity index (χ2n) is 5.80. The summed E-state index contributed by atoms with van der Waals surface area (Å²) >= 11 is 3.42. The Kier molecular flexibility index (Phi) is 5.28. The van der Waals surface area contributed by atoms with Crippen molar-refractivity contribution in [3.63, 3.8) is 0 Å². The first kappa shape index (κ1) is 17.4. The lowest BCUT2D eigenvalue weighted by atomic mass is 10.0. The van der Waals surface area contributed by atoms with Crippen molar-refractivity contribution in [1.29, 1.82) is 0 Å². The number of nitrogens with one attached hydrogen (secondary N) is 2. The number of hydrogen-bond acceptors (Lipinski definition) is 3. The van der Waals surface area contributed by atoms with Gasteiger partial charge in [-0.3, -0.25) is 9.59 Å². The number of carbonyl (C=O) groups excluding carboxylic acids is 1. The van der Waals surface area contributed by atoms with Gasteiger partial charge in [0.05, 0.1) is 23.5 Å². The SMILES string of the molecule is CC[C@@H](NC(=O)Cc1n[nH]c(=O)c2ccccc12)c1ccc(Br)cc1. The fourth-order valence-corrected chi connectivity index (χ4v) is 3.08. The highest BCUT2D eigenvalue weighted by Gasteiger charge is 2.15. The molecule has 2 N–H and O–H groups in total. The summed E-state index contributed by atoms with van der Waals surface area (Å²) < 4.78 is 1.00. The number of carbonyl (C=O) groups is 1. The van der Waals surface area contributed by atoms with Crippen molar-refractivity contribution in [2.75, 3.05) is 0 Å². The van der Waals surface area contributed by atoms with Crippen LogP contribution in [0.15, 0.2) is 57.8 Å². The Bertz CT molecular complexity index is 951. The normalized spacial score (nSPS) is 12.1. The fourth-order valence-electron chi connectivity index (χ4n) is 2.82. The summed E-state index contributed by atoms with van der Waals surface area (Å²) in [6.45, 7) is 2.03. The Hall–Kier alpha value is -2.47. The number of halogens is 1. The Labute approximate surface area is 153 Å². The Morgan fingerprint density at radius 2 is 1.84 bits per heavy atom. The molecule has 0 saturated carbocycles. The summed E-state index contributed by atoms with van der Waals surface area (Å²) in [6.07, 6.45) is 0.900. The van der Waals surface area contributed by atoms with E-state index in [-0.39, 0.29) is 23.9 Å². The van der Waals surface area contributed by atoms with E-state index in [9.17, 15) is 9.59 Å². The van der Waals surface area contributed by atoms with Crippen LogP contribution in [0.3, 0.4) is 0 Å². The van der Waals surface area contributed by atoms with E-state index in [1.807, 2.05) is 43.3 Å². The highest BCUT2D eigenvalue weighted by atomic mass is 79.9. The highest BCUT2D eigenvalue weighted by Crippen LogP contribution is 2.20. The lowest BCUT2D eigenvalue weighted by molar-refractivity contribution is -0.121. The largest absolute Gasteiger partial charge is 0.349 e. The van der Waals surface area contributed by atoms with Crippen molar-refractivity contribution in [3.05, 3.63) is 74.6 Å². The van der Waals surface area contributed by atoms with Crippen molar-refractivity contribution in [3.8, 4) is 0 Å². The maximum atomic E-state index is 12.5. The van der Waals surface area contributed by atoms with Crippen LogP contribution in [0.25, 0.3) is 10.8 Å². The number of fused-ring (bicyclic) bond motifs is 1. The van der Waals surface area contributed by atoms with Crippen LogP contribution >= 0.6 is 15.9 Å². The van der Waals surface area contributed by atoms with Crippen molar-refractivity contribution >= 4 is 32.6 Å². The second-order valence-corrected chi connectivity index (χ2v) is 6.72. The van der Waals surface area contributed by atoms with Crippen LogP contribution in [0.2, 0.25) is 0 Å². The minimum Gasteiger partial charge on any atom is -0.349 e. The predicted octanol–water partition coefficient (Wildman–Crippen LogP) is 3.50. The molecule has 0 radical (unpaired) electrons. The van der Waals surface area contributed by atoms with Gasteiger partial charge in [0.25, 0.3) is 5.56 Å². The summed E-state index contributed by atoms with van der Waals surface area (Å²) in [5, 5.41) is 10.8. The van der Waals surface area contributed by atoms with E-state index in [1.54, 1.807) is 12.1 Å². The molecule has 1 amide bonds. The number of nitrogens with zero attached hydrogens (tertiary/aromatic N) is 1. The average Bonchev–Trinajstić information content (AvgIpc) is 2.63. The van der Waals surface area contributed by atoms with Crippen LogP contribution < -0.4 is 10.9 Å². The number of rotatable bonds is 5. The van der Waals surface area contributed by atoms with Crippen LogP contribution in [0.4, 0.5) is 0 Å². The van der Waals surface area contributed by atoms with Crippen LogP contribution in [-0.4, -0.2) is 16.1 Å². The predicted molar refractivity (Wildman–Crippen MR) is 101 cm³/mol. The molecule has 1 atom stereocenters. The molecule has 1 aromatic heterocycles. The third-order valence-electron chi connectivity index (χ3n) is 4.12. The topological polar surface area (TPSA) is 74.8 Å². The van der Waals surface area contributed by atoms with Gasteiger partial charge in [0.15, 0.2) is 0 Å². The van der Waals surface area contributed by atoms with Crippen molar-refractivity contribution in [2.24, 2.45) is 0 Å². The van der Waals surface area contributed by atoms with E-state index in [1.165, 1.54) is 0 Å². The lowest BCUT2D eigenvalue weighted by Gasteiger charge is -2.17. The highest BCUT2D eigenvalue weighted by molar-refractivity contribution is 9.10. The first-order chi connectivity index (χ1) is 12.1. The molecule has 0 aliphatic rings. The number of amides is 1. The molecule has 128 valence electrons. The summed E-state index contributed by atoms with van der Waals surface area (Å²) in [5.41, 5.74) is 1.37. The smallest absolute Gasteiger partial charge is 0.272 e. The second kappa shape index (κ2) is 7.61. The van der Waals surface area contributed by atoms with Gasteiger partial charge in [0.1, 0.15) is 0 Å². The minimum absolute atomic E-state index is 0.0605. The van der Waals surface area contributed by atoms with E-state index >= 15 is 0 Å². The van der Waals surface area contributed by atoms with E-state index in [0.29, 0.717) is 16.5 Å². The molecule has 0 fully saturated rings. The van der Waals surface area contributed by atoms with Gasteiger partial charge in [-0.1, -0.05) is 53.2 Å². The standard InChI is InChI=1S/C19H18BrN3O2/c1-2-16(12-7-9-13(20)10-8-12)21-18(24)11-17-14-5-3-4-6-15(14)19(25)23-22-17/h3-10,16H,2,11H2,1H3,(H,21,24)(H,23,25)/t16-/m1/s1. The number of hydrogen-bond donors (Lipinski definition) is 2. The molecule has 0 saturated heterocycles. The Morgan fingerprint density at radius 3 is 2.52 bits per heavy atom. The molecule has 0 bridgehead atoms. The van der Waals surface area contributed by atoms with Gasteiger partial charge in [-0.2, -0.15) is 5.10 Å². The number of benzene rings is 2. The summed E-state index contributed by atoms with van der Waals surface area (Å²) in [6, 6.07) is 15.0. The molecule has 5 nitrogen and oxygen atoms in total. The Morgan fingerprint density at radius 1 is 1.16 bits per heavy atom. The summed E-state index contributed by atoms with van der Waals surface area (Å²) in [5.74, 6) is -0.125. The number of H-pyrrole nitrogens is 1. The van der Waals surface area contributed by atoms with Gasteiger partial charge in [-0.15, -0.1) is 0 Å².